The van der Waals surface area contributed by atoms with Crippen molar-refractivity contribution in [3.05, 3.63) is 36.4 Å². The average Bonchev–Trinajstić information content (AvgIpc) is 2.67. The lowest BCUT2D eigenvalue weighted by Crippen LogP contribution is -2.13. The van der Waals surface area contributed by atoms with E-state index in [-0.39, 0.29) is 5.91 Å². The molecule has 0 atom stereocenters. The van der Waals surface area contributed by atoms with E-state index in [4.69, 9.17) is 11.5 Å². The van der Waals surface area contributed by atoms with Crippen LogP contribution in [0.5, 0.6) is 0 Å². The summed E-state index contributed by atoms with van der Waals surface area (Å²) in [6.07, 6.45) is 2.61. The molecular formula is C9H9N5O. The third kappa shape index (κ3) is 1.78. The highest BCUT2D eigenvalue weighted by Crippen LogP contribution is 2.14. The van der Waals surface area contributed by atoms with Gasteiger partial charge in [-0.15, -0.1) is 0 Å². The number of nitrogens with two attached hydrogens (primary N) is 2. The number of anilines is 2. The molecule has 6 nitrogen and oxygen atoms in total. The van der Waals surface area contributed by atoms with Gasteiger partial charge in [-0.1, -0.05) is 0 Å². The summed E-state index contributed by atoms with van der Waals surface area (Å²) in [6, 6.07) is 4.67. The van der Waals surface area contributed by atoms with Crippen molar-refractivity contribution in [1.29, 1.82) is 0 Å². The van der Waals surface area contributed by atoms with Crippen LogP contribution in [0.4, 0.5) is 11.4 Å². The monoisotopic (exact) mass is 203 g/mol. The first-order chi connectivity index (χ1) is 7.16. The molecule has 1 aromatic heterocycles. The molecule has 0 amide bonds. The summed E-state index contributed by atoms with van der Waals surface area (Å²) in [5, 5.41) is 3.73. The van der Waals surface area contributed by atoms with Gasteiger partial charge in [0.1, 0.15) is 12.7 Å². The van der Waals surface area contributed by atoms with Gasteiger partial charge in [0.25, 0.3) is 5.91 Å². The van der Waals surface area contributed by atoms with E-state index in [1.165, 1.54) is 12.7 Å². The van der Waals surface area contributed by atoms with Crippen LogP contribution in [-0.2, 0) is 0 Å². The molecule has 0 aliphatic carbocycles. The molecule has 1 heterocycles. The van der Waals surface area contributed by atoms with Crippen LogP contribution in [0, 0.1) is 0 Å². The first-order valence-electron chi connectivity index (χ1n) is 4.22. The number of carbonyl (C=O) groups is 1. The Hall–Kier alpha value is -2.37. The number of nitrogens with zero attached hydrogens (tertiary/aromatic N) is 3. The molecule has 0 spiro atoms. The average molecular weight is 203 g/mol. The maximum atomic E-state index is 11.8. The molecule has 2 rings (SSSR count). The third-order valence-electron chi connectivity index (χ3n) is 1.85. The second kappa shape index (κ2) is 3.41. The molecule has 0 aliphatic rings. The lowest BCUT2D eigenvalue weighted by molar-refractivity contribution is 0.0945. The van der Waals surface area contributed by atoms with Crippen LogP contribution in [-0.4, -0.2) is 20.7 Å². The smallest absolute Gasteiger partial charge is 0.279 e. The zero-order valence-electron chi connectivity index (χ0n) is 7.79. The molecule has 0 aliphatic heterocycles. The summed E-state index contributed by atoms with van der Waals surface area (Å²) in [7, 11) is 0. The Morgan fingerprint density at radius 2 is 1.87 bits per heavy atom. The first kappa shape index (κ1) is 9.20. The highest BCUT2D eigenvalue weighted by Gasteiger charge is 2.09. The SMILES string of the molecule is Nc1cc(N)cc(C(=O)n2cncn2)c1. The fourth-order valence-corrected chi connectivity index (χ4v) is 1.25. The Kier molecular flexibility index (Phi) is 2.09. The van der Waals surface area contributed by atoms with Crippen LogP contribution in [0.15, 0.2) is 30.9 Å². The molecule has 4 N–H and O–H groups in total. The zero-order valence-corrected chi connectivity index (χ0v) is 7.79. The van der Waals surface area contributed by atoms with Gasteiger partial charge in [-0.3, -0.25) is 4.79 Å². The van der Waals surface area contributed by atoms with Crippen molar-refractivity contribution in [2.45, 2.75) is 0 Å². The van der Waals surface area contributed by atoms with Crippen molar-refractivity contribution in [2.75, 3.05) is 11.5 Å². The van der Waals surface area contributed by atoms with Crippen molar-refractivity contribution < 1.29 is 4.79 Å². The Morgan fingerprint density at radius 1 is 1.20 bits per heavy atom. The van der Waals surface area contributed by atoms with E-state index >= 15 is 0 Å². The summed E-state index contributed by atoms with van der Waals surface area (Å²) in [5.41, 5.74) is 12.4. The topological polar surface area (TPSA) is 99.8 Å². The van der Waals surface area contributed by atoms with Crippen LogP contribution in [0.2, 0.25) is 0 Å². The number of nitrogen functional groups attached to an aromatic ring is 2. The minimum absolute atomic E-state index is 0.313. The van der Waals surface area contributed by atoms with Gasteiger partial charge in [-0.05, 0) is 18.2 Å². The molecule has 1 aromatic carbocycles. The summed E-state index contributed by atoms with van der Waals surface area (Å²) in [4.78, 5) is 15.4. The van der Waals surface area contributed by atoms with Gasteiger partial charge in [0, 0.05) is 16.9 Å². The molecule has 2 aromatic rings. The molecule has 76 valence electrons. The molecule has 0 bridgehead atoms. The predicted molar refractivity (Wildman–Crippen MR) is 55.0 cm³/mol. The molecule has 0 unspecified atom stereocenters. The lowest BCUT2D eigenvalue weighted by Gasteiger charge is -2.02. The van der Waals surface area contributed by atoms with E-state index < -0.39 is 0 Å². The quantitative estimate of drug-likeness (QED) is 0.642. The number of benzene rings is 1. The summed E-state index contributed by atoms with van der Waals surface area (Å²) in [5.74, 6) is -0.313. The standard InChI is InChI=1S/C9H9N5O/c10-7-1-6(2-8(11)3-7)9(15)14-5-12-4-13-14/h1-5H,10-11H2. The Balaban J connectivity index is 2.42. The van der Waals surface area contributed by atoms with Crippen molar-refractivity contribution in [1.82, 2.24) is 14.8 Å². The van der Waals surface area contributed by atoms with Crippen LogP contribution in [0.1, 0.15) is 10.4 Å². The van der Waals surface area contributed by atoms with Gasteiger partial charge in [0.05, 0.1) is 0 Å². The van der Waals surface area contributed by atoms with Crippen molar-refractivity contribution >= 4 is 17.3 Å². The molecule has 15 heavy (non-hydrogen) atoms. The molecule has 0 fully saturated rings. The van der Waals surface area contributed by atoms with Gasteiger partial charge in [0.2, 0.25) is 0 Å². The highest BCUT2D eigenvalue weighted by molar-refractivity contribution is 5.96. The predicted octanol–water partition coefficient (Wildman–Crippen LogP) is 0.131. The summed E-state index contributed by atoms with van der Waals surface area (Å²) >= 11 is 0. The maximum absolute atomic E-state index is 11.8. The molecule has 6 heteroatoms. The minimum Gasteiger partial charge on any atom is -0.399 e. The van der Waals surface area contributed by atoms with Gasteiger partial charge in [-0.25, -0.2) is 4.98 Å². The van der Waals surface area contributed by atoms with Gasteiger partial charge in [-0.2, -0.15) is 9.78 Å². The molecule has 0 saturated carbocycles. The molecule has 0 radical (unpaired) electrons. The fraction of sp³-hybridized carbons (Fsp3) is 0. The van der Waals surface area contributed by atoms with Gasteiger partial charge < -0.3 is 11.5 Å². The molecular weight excluding hydrogens is 194 g/mol. The van der Waals surface area contributed by atoms with E-state index in [9.17, 15) is 4.79 Å². The van der Waals surface area contributed by atoms with Crippen LogP contribution >= 0.6 is 0 Å². The second-order valence-corrected chi connectivity index (χ2v) is 3.03. The van der Waals surface area contributed by atoms with Crippen molar-refractivity contribution in [3.8, 4) is 0 Å². The Morgan fingerprint density at radius 3 is 2.40 bits per heavy atom. The van der Waals surface area contributed by atoms with Crippen LogP contribution in [0.3, 0.4) is 0 Å². The van der Waals surface area contributed by atoms with Crippen LogP contribution in [0.25, 0.3) is 0 Å². The number of hydrogen-bond acceptors (Lipinski definition) is 5. The van der Waals surface area contributed by atoms with Crippen molar-refractivity contribution in [2.24, 2.45) is 0 Å². The van der Waals surface area contributed by atoms with Gasteiger partial charge in [0.15, 0.2) is 0 Å². The lowest BCUT2D eigenvalue weighted by atomic mass is 10.1. The first-order valence-corrected chi connectivity index (χ1v) is 4.22. The summed E-state index contributed by atoms with van der Waals surface area (Å²) < 4.78 is 1.12. The summed E-state index contributed by atoms with van der Waals surface area (Å²) in [6.45, 7) is 0. The third-order valence-corrected chi connectivity index (χ3v) is 1.85. The fourth-order valence-electron chi connectivity index (χ4n) is 1.25. The van der Waals surface area contributed by atoms with E-state index in [1.807, 2.05) is 0 Å². The normalized spacial score (nSPS) is 10.1. The number of carbonyl (C=O) groups excluding carboxylic acids is 1. The van der Waals surface area contributed by atoms with E-state index in [0.29, 0.717) is 16.9 Å². The number of hydrogen-bond donors (Lipinski definition) is 2. The second-order valence-electron chi connectivity index (χ2n) is 3.03. The van der Waals surface area contributed by atoms with E-state index in [0.717, 1.165) is 4.68 Å². The largest absolute Gasteiger partial charge is 0.399 e. The Bertz CT molecular complexity index is 471. The van der Waals surface area contributed by atoms with Crippen LogP contribution < -0.4 is 11.5 Å². The van der Waals surface area contributed by atoms with E-state index in [2.05, 4.69) is 10.1 Å². The molecule has 0 saturated heterocycles. The maximum Gasteiger partial charge on any atom is 0.279 e. The Labute approximate surface area is 85.5 Å². The zero-order chi connectivity index (χ0) is 10.8. The van der Waals surface area contributed by atoms with Gasteiger partial charge >= 0.3 is 0 Å². The minimum atomic E-state index is -0.313. The number of rotatable bonds is 1. The van der Waals surface area contributed by atoms with Crippen molar-refractivity contribution in [3.63, 3.8) is 0 Å². The van der Waals surface area contributed by atoms with E-state index in [1.54, 1.807) is 18.2 Å². The number of aromatic nitrogens is 3. The highest BCUT2D eigenvalue weighted by atomic mass is 16.2.